The van der Waals surface area contributed by atoms with E-state index in [1.807, 2.05) is 6.07 Å². The molecule has 19 heavy (non-hydrogen) atoms. The number of carboxylic acid groups (broad SMARTS) is 1. The molecule has 0 aliphatic rings. The Bertz CT molecular complexity index is 632. The molecule has 1 rings (SSSR count). The lowest BCUT2D eigenvalue weighted by Crippen LogP contribution is -2.28. The monoisotopic (exact) mass is 282 g/mol. The van der Waals surface area contributed by atoms with Crippen molar-refractivity contribution in [2.24, 2.45) is 0 Å². The SMILES string of the molecule is Cc1c(C(=O)O)cccc1S(=O)(=O)N(C)CCC#N. The van der Waals surface area contributed by atoms with Crippen molar-refractivity contribution in [3.8, 4) is 6.07 Å². The Hall–Kier alpha value is -1.91. The molecule has 1 N–H and O–H groups in total. The van der Waals surface area contributed by atoms with Crippen LogP contribution in [0.2, 0.25) is 0 Å². The van der Waals surface area contributed by atoms with Crippen LogP contribution < -0.4 is 0 Å². The predicted octanol–water partition coefficient (Wildman–Crippen LogP) is 1.23. The normalized spacial score (nSPS) is 11.3. The molecular weight excluding hydrogens is 268 g/mol. The molecule has 0 saturated heterocycles. The molecule has 0 heterocycles. The average molecular weight is 282 g/mol. The second kappa shape index (κ2) is 5.82. The van der Waals surface area contributed by atoms with Crippen molar-refractivity contribution in [1.29, 1.82) is 5.26 Å². The fraction of sp³-hybridized carbons (Fsp3) is 0.333. The number of hydrogen-bond acceptors (Lipinski definition) is 4. The Labute approximate surface area is 111 Å². The van der Waals surface area contributed by atoms with Gasteiger partial charge in [-0.25, -0.2) is 13.2 Å². The Balaban J connectivity index is 3.27. The number of benzene rings is 1. The van der Waals surface area contributed by atoms with Gasteiger partial charge in [0.15, 0.2) is 0 Å². The summed E-state index contributed by atoms with van der Waals surface area (Å²) in [4.78, 5) is 10.9. The highest BCUT2D eigenvalue weighted by Crippen LogP contribution is 2.22. The van der Waals surface area contributed by atoms with Gasteiger partial charge in [0, 0.05) is 20.0 Å². The van der Waals surface area contributed by atoms with Gasteiger partial charge in [-0.3, -0.25) is 0 Å². The zero-order valence-corrected chi connectivity index (χ0v) is 11.4. The third kappa shape index (κ3) is 3.10. The molecule has 7 heteroatoms. The Kier molecular flexibility index (Phi) is 4.64. The van der Waals surface area contributed by atoms with Crippen molar-refractivity contribution in [3.05, 3.63) is 29.3 Å². The van der Waals surface area contributed by atoms with Crippen LogP contribution >= 0.6 is 0 Å². The molecule has 0 saturated carbocycles. The van der Waals surface area contributed by atoms with Crippen molar-refractivity contribution < 1.29 is 18.3 Å². The first-order valence-electron chi connectivity index (χ1n) is 5.48. The van der Waals surface area contributed by atoms with Crippen molar-refractivity contribution in [1.82, 2.24) is 4.31 Å². The van der Waals surface area contributed by atoms with Crippen LogP contribution in [0.4, 0.5) is 0 Å². The minimum Gasteiger partial charge on any atom is -0.478 e. The summed E-state index contributed by atoms with van der Waals surface area (Å²) >= 11 is 0. The second-order valence-electron chi connectivity index (χ2n) is 3.97. The van der Waals surface area contributed by atoms with Crippen molar-refractivity contribution in [3.63, 3.8) is 0 Å². The molecule has 0 aliphatic carbocycles. The van der Waals surface area contributed by atoms with Crippen molar-refractivity contribution in [2.45, 2.75) is 18.2 Å². The summed E-state index contributed by atoms with van der Waals surface area (Å²) in [5.74, 6) is -1.17. The van der Waals surface area contributed by atoms with Crippen LogP contribution in [0.1, 0.15) is 22.3 Å². The molecule has 0 atom stereocenters. The molecule has 0 fully saturated rings. The molecule has 102 valence electrons. The summed E-state index contributed by atoms with van der Waals surface area (Å²) in [7, 11) is -2.42. The minimum absolute atomic E-state index is 0.0465. The van der Waals surface area contributed by atoms with Crippen molar-refractivity contribution in [2.75, 3.05) is 13.6 Å². The zero-order chi connectivity index (χ0) is 14.6. The number of rotatable bonds is 5. The summed E-state index contributed by atoms with van der Waals surface area (Å²) in [5, 5.41) is 17.5. The number of hydrogen-bond donors (Lipinski definition) is 1. The Morgan fingerprint density at radius 1 is 1.47 bits per heavy atom. The Morgan fingerprint density at radius 2 is 2.11 bits per heavy atom. The molecule has 1 aromatic rings. The van der Waals surface area contributed by atoms with Crippen LogP contribution in [-0.2, 0) is 10.0 Å². The van der Waals surface area contributed by atoms with Crippen LogP contribution in [-0.4, -0.2) is 37.4 Å². The van der Waals surface area contributed by atoms with Gasteiger partial charge in [-0.15, -0.1) is 0 Å². The minimum atomic E-state index is -3.78. The van der Waals surface area contributed by atoms with Crippen LogP contribution in [0.5, 0.6) is 0 Å². The number of nitrogens with zero attached hydrogens (tertiary/aromatic N) is 2. The molecule has 0 radical (unpaired) electrons. The fourth-order valence-corrected chi connectivity index (χ4v) is 3.04. The van der Waals surface area contributed by atoms with Crippen LogP contribution in [0, 0.1) is 18.3 Å². The van der Waals surface area contributed by atoms with Crippen LogP contribution in [0.15, 0.2) is 23.1 Å². The molecule has 0 amide bonds. The third-order valence-corrected chi connectivity index (χ3v) is 4.74. The molecule has 6 nitrogen and oxygen atoms in total. The van der Waals surface area contributed by atoms with E-state index in [0.29, 0.717) is 0 Å². The first kappa shape index (κ1) is 15.1. The van der Waals surface area contributed by atoms with E-state index in [1.165, 1.54) is 32.2 Å². The lowest BCUT2D eigenvalue weighted by atomic mass is 10.1. The highest BCUT2D eigenvalue weighted by Gasteiger charge is 2.24. The van der Waals surface area contributed by atoms with Gasteiger partial charge in [0.2, 0.25) is 10.0 Å². The highest BCUT2D eigenvalue weighted by atomic mass is 32.2. The maximum absolute atomic E-state index is 12.3. The van der Waals surface area contributed by atoms with Gasteiger partial charge in [-0.2, -0.15) is 9.57 Å². The lowest BCUT2D eigenvalue weighted by Gasteiger charge is -2.17. The van der Waals surface area contributed by atoms with Gasteiger partial charge in [0.1, 0.15) is 0 Å². The van der Waals surface area contributed by atoms with Gasteiger partial charge in [-0.05, 0) is 24.6 Å². The van der Waals surface area contributed by atoms with Crippen LogP contribution in [0.25, 0.3) is 0 Å². The Morgan fingerprint density at radius 3 is 2.63 bits per heavy atom. The lowest BCUT2D eigenvalue weighted by molar-refractivity contribution is 0.0696. The maximum Gasteiger partial charge on any atom is 0.335 e. The summed E-state index contributed by atoms with van der Waals surface area (Å²) in [6.07, 6.45) is 0.0768. The molecule has 0 aromatic heterocycles. The van der Waals surface area contributed by atoms with E-state index in [1.54, 1.807) is 0 Å². The fourth-order valence-electron chi connectivity index (χ4n) is 1.62. The largest absolute Gasteiger partial charge is 0.478 e. The maximum atomic E-state index is 12.3. The van der Waals surface area contributed by atoms with Gasteiger partial charge in [0.25, 0.3) is 0 Å². The number of aromatic carboxylic acids is 1. The third-order valence-electron chi connectivity index (χ3n) is 2.74. The van der Waals surface area contributed by atoms with E-state index >= 15 is 0 Å². The summed E-state index contributed by atoms with van der Waals surface area (Å²) in [6.45, 7) is 1.52. The topological polar surface area (TPSA) is 98.5 Å². The number of sulfonamides is 1. The number of nitriles is 1. The summed E-state index contributed by atoms with van der Waals surface area (Å²) in [6, 6.07) is 5.97. The van der Waals surface area contributed by atoms with E-state index in [9.17, 15) is 13.2 Å². The zero-order valence-electron chi connectivity index (χ0n) is 10.6. The number of carbonyl (C=O) groups is 1. The summed E-state index contributed by atoms with van der Waals surface area (Å²) < 4.78 is 25.6. The van der Waals surface area contributed by atoms with Crippen LogP contribution in [0.3, 0.4) is 0 Å². The molecule has 0 unspecified atom stereocenters. The van der Waals surface area contributed by atoms with Gasteiger partial charge in [-0.1, -0.05) is 6.07 Å². The second-order valence-corrected chi connectivity index (χ2v) is 5.98. The predicted molar refractivity (Wildman–Crippen MR) is 68.2 cm³/mol. The van der Waals surface area contributed by atoms with E-state index in [0.717, 1.165) is 4.31 Å². The molecule has 0 spiro atoms. The van der Waals surface area contributed by atoms with E-state index in [4.69, 9.17) is 10.4 Å². The standard InChI is InChI=1S/C12H14N2O4S/c1-9-10(12(15)16)5-3-6-11(9)19(17,18)14(2)8-4-7-13/h3,5-6H,4,8H2,1-2H3,(H,15,16). The van der Waals surface area contributed by atoms with E-state index in [-0.39, 0.29) is 29.0 Å². The molecule has 0 aliphatic heterocycles. The average Bonchev–Trinajstić information content (AvgIpc) is 2.35. The van der Waals surface area contributed by atoms with E-state index < -0.39 is 16.0 Å². The van der Waals surface area contributed by atoms with Gasteiger partial charge < -0.3 is 5.11 Å². The first-order chi connectivity index (χ1) is 8.82. The molecular formula is C12H14N2O4S. The van der Waals surface area contributed by atoms with Gasteiger partial charge >= 0.3 is 5.97 Å². The highest BCUT2D eigenvalue weighted by molar-refractivity contribution is 7.89. The molecule has 0 bridgehead atoms. The van der Waals surface area contributed by atoms with E-state index in [2.05, 4.69) is 0 Å². The quantitative estimate of drug-likeness (QED) is 0.875. The molecule has 1 aromatic carbocycles. The number of carboxylic acids is 1. The smallest absolute Gasteiger partial charge is 0.335 e. The summed E-state index contributed by atoms with van der Waals surface area (Å²) in [5.41, 5.74) is 0.147. The first-order valence-corrected chi connectivity index (χ1v) is 6.92. The van der Waals surface area contributed by atoms with Gasteiger partial charge in [0.05, 0.1) is 16.5 Å². The van der Waals surface area contributed by atoms with Crippen molar-refractivity contribution >= 4 is 16.0 Å².